The molecule has 21 heavy (non-hydrogen) atoms. The van der Waals surface area contributed by atoms with Crippen LogP contribution in [0.4, 0.5) is 5.69 Å². The highest BCUT2D eigenvalue weighted by Gasteiger charge is 2.22. The van der Waals surface area contributed by atoms with Gasteiger partial charge >= 0.3 is 0 Å². The first-order valence-corrected chi connectivity index (χ1v) is 7.88. The third kappa shape index (κ3) is 3.74. The minimum atomic E-state index is 0.383. The fraction of sp³-hybridized carbons (Fsp3) is 0.647. The lowest BCUT2D eigenvalue weighted by atomic mass is 9.96. The first kappa shape index (κ1) is 15.8. The van der Waals surface area contributed by atoms with E-state index in [1.165, 1.54) is 12.8 Å². The Morgan fingerprint density at radius 3 is 2.62 bits per heavy atom. The Bertz CT molecular complexity index is 524. The molecule has 1 aliphatic heterocycles. The molecule has 4 heteroatoms. The van der Waals surface area contributed by atoms with E-state index < -0.39 is 0 Å². The highest BCUT2D eigenvalue weighted by atomic mass is 15.2. The zero-order chi connectivity index (χ0) is 15.4. The largest absolute Gasteiger partial charge is 0.368 e. The lowest BCUT2D eigenvalue weighted by Gasteiger charge is -2.35. The molecule has 1 aromatic heterocycles. The Morgan fingerprint density at radius 2 is 2.05 bits per heavy atom. The summed E-state index contributed by atoms with van der Waals surface area (Å²) in [5.74, 6) is 0.703. The number of hydrogen-bond acceptors (Lipinski definition) is 4. The molecule has 1 saturated heterocycles. The van der Waals surface area contributed by atoms with Crippen molar-refractivity contribution >= 4 is 5.69 Å². The van der Waals surface area contributed by atoms with Gasteiger partial charge in [-0.15, -0.1) is 0 Å². The molecule has 2 heterocycles. The minimum absolute atomic E-state index is 0.383. The summed E-state index contributed by atoms with van der Waals surface area (Å²) in [5, 5.41) is 12.9. The highest BCUT2D eigenvalue weighted by Crippen LogP contribution is 2.27. The van der Waals surface area contributed by atoms with E-state index in [4.69, 9.17) is 0 Å². The van der Waals surface area contributed by atoms with Gasteiger partial charge in [0.1, 0.15) is 6.07 Å². The molecule has 0 atom stereocenters. The molecule has 0 spiro atoms. The van der Waals surface area contributed by atoms with Gasteiger partial charge in [-0.05, 0) is 65.6 Å². The summed E-state index contributed by atoms with van der Waals surface area (Å²) in [6, 6.07) is 4.79. The number of hydrogen-bond donors (Lipinski definition) is 1. The van der Waals surface area contributed by atoms with E-state index in [0.717, 1.165) is 42.3 Å². The first-order chi connectivity index (χ1) is 10.0. The first-order valence-electron chi connectivity index (χ1n) is 7.88. The normalized spacial score (nSPS) is 16.0. The smallest absolute Gasteiger partial charge is 0.103 e. The third-order valence-corrected chi connectivity index (χ3v) is 4.27. The molecule has 0 bridgehead atoms. The molecular formula is C17H26N4. The molecule has 0 amide bonds. The van der Waals surface area contributed by atoms with E-state index in [1.807, 2.05) is 13.8 Å². The quantitative estimate of drug-likeness (QED) is 0.924. The van der Waals surface area contributed by atoms with Crippen LogP contribution in [0.15, 0.2) is 6.07 Å². The maximum atomic E-state index is 9.50. The Balaban J connectivity index is 2.31. The maximum absolute atomic E-state index is 9.50. The van der Waals surface area contributed by atoms with Crippen molar-refractivity contribution in [3.63, 3.8) is 0 Å². The summed E-state index contributed by atoms with van der Waals surface area (Å²) in [4.78, 5) is 6.82. The SMILES string of the molecule is Cc1cc(N(CC2CCNCC2)C(C)C)c(C#N)c(C)n1. The zero-order valence-electron chi connectivity index (χ0n) is 13.6. The molecule has 1 N–H and O–H groups in total. The van der Waals surface area contributed by atoms with E-state index in [9.17, 15) is 5.26 Å². The topological polar surface area (TPSA) is 52.0 Å². The highest BCUT2D eigenvalue weighted by molar-refractivity contribution is 5.62. The van der Waals surface area contributed by atoms with E-state index in [1.54, 1.807) is 0 Å². The molecule has 1 aliphatic rings. The summed E-state index contributed by atoms with van der Waals surface area (Å²) in [6.07, 6.45) is 2.43. The number of anilines is 1. The average molecular weight is 286 g/mol. The molecule has 0 unspecified atom stereocenters. The summed E-state index contributed by atoms with van der Waals surface area (Å²) in [7, 11) is 0. The van der Waals surface area contributed by atoms with Gasteiger partial charge in [0.2, 0.25) is 0 Å². The van der Waals surface area contributed by atoms with Crippen LogP contribution in [0, 0.1) is 31.1 Å². The molecule has 0 aromatic carbocycles. The zero-order valence-corrected chi connectivity index (χ0v) is 13.6. The van der Waals surface area contributed by atoms with Crippen LogP contribution in [0.2, 0.25) is 0 Å². The molecule has 0 aliphatic carbocycles. The molecule has 4 nitrogen and oxygen atoms in total. The number of nitrogens with one attached hydrogen (secondary N) is 1. The molecule has 2 rings (SSSR count). The van der Waals surface area contributed by atoms with Crippen molar-refractivity contribution in [1.82, 2.24) is 10.3 Å². The predicted molar refractivity (Wildman–Crippen MR) is 86.5 cm³/mol. The van der Waals surface area contributed by atoms with Crippen molar-refractivity contribution in [2.45, 2.75) is 46.6 Å². The Morgan fingerprint density at radius 1 is 1.38 bits per heavy atom. The summed E-state index contributed by atoms with van der Waals surface area (Å²) < 4.78 is 0. The van der Waals surface area contributed by atoms with Crippen molar-refractivity contribution in [3.8, 4) is 6.07 Å². The Kier molecular flexibility index (Phi) is 5.19. The lowest BCUT2D eigenvalue weighted by molar-refractivity contribution is 0.367. The van der Waals surface area contributed by atoms with E-state index >= 15 is 0 Å². The molecule has 0 radical (unpaired) electrons. The van der Waals surface area contributed by atoms with Gasteiger partial charge in [-0.1, -0.05) is 0 Å². The molecule has 0 saturated carbocycles. The van der Waals surface area contributed by atoms with Crippen LogP contribution in [0.25, 0.3) is 0 Å². The minimum Gasteiger partial charge on any atom is -0.368 e. The van der Waals surface area contributed by atoms with Crippen LogP contribution in [-0.2, 0) is 0 Å². The average Bonchev–Trinajstić information content (AvgIpc) is 2.45. The van der Waals surface area contributed by atoms with Crippen molar-refractivity contribution in [3.05, 3.63) is 23.0 Å². The van der Waals surface area contributed by atoms with Gasteiger partial charge in [0, 0.05) is 18.3 Å². The van der Waals surface area contributed by atoms with Crippen molar-refractivity contribution in [1.29, 1.82) is 5.26 Å². The summed E-state index contributed by atoms with van der Waals surface area (Å²) in [5.41, 5.74) is 3.60. The van der Waals surface area contributed by atoms with Gasteiger partial charge < -0.3 is 10.2 Å². The van der Waals surface area contributed by atoms with Gasteiger partial charge in [0.15, 0.2) is 0 Å². The van der Waals surface area contributed by atoms with Gasteiger partial charge in [-0.3, -0.25) is 4.98 Å². The number of rotatable bonds is 4. The van der Waals surface area contributed by atoms with Crippen LogP contribution in [0.5, 0.6) is 0 Å². The van der Waals surface area contributed by atoms with Crippen molar-refractivity contribution in [2.24, 2.45) is 5.92 Å². The number of piperidine rings is 1. The van der Waals surface area contributed by atoms with E-state index in [2.05, 4.69) is 41.2 Å². The lowest BCUT2D eigenvalue weighted by Crippen LogP contribution is -2.40. The van der Waals surface area contributed by atoms with Crippen molar-refractivity contribution in [2.75, 3.05) is 24.5 Å². The fourth-order valence-corrected chi connectivity index (χ4v) is 3.10. The summed E-state index contributed by atoms with van der Waals surface area (Å²) >= 11 is 0. The third-order valence-electron chi connectivity index (χ3n) is 4.27. The van der Waals surface area contributed by atoms with E-state index in [0.29, 0.717) is 12.0 Å². The second-order valence-corrected chi connectivity index (χ2v) is 6.29. The molecule has 114 valence electrons. The number of nitriles is 1. The van der Waals surface area contributed by atoms with Crippen LogP contribution in [0.3, 0.4) is 0 Å². The molecule has 1 fully saturated rings. The summed E-state index contributed by atoms with van der Waals surface area (Å²) in [6.45, 7) is 11.6. The van der Waals surface area contributed by atoms with Gasteiger partial charge in [0.25, 0.3) is 0 Å². The van der Waals surface area contributed by atoms with Crippen LogP contribution in [0.1, 0.15) is 43.6 Å². The Hall–Kier alpha value is -1.60. The Labute approximate surface area is 128 Å². The second kappa shape index (κ2) is 6.91. The standard InChI is InChI=1S/C17H26N4/c1-12(2)21(11-15-5-7-19-8-6-15)17-9-13(3)20-14(4)16(17)10-18/h9,12,15,19H,5-8,11H2,1-4H3. The van der Waals surface area contributed by atoms with Crippen molar-refractivity contribution < 1.29 is 0 Å². The number of aromatic nitrogens is 1. The predicted octanol–water partition coefficient (Wildman–Crippen LogP) is 2.78. The van der Waals surface area contributed by atoms with Gasteiger partial charge in [-0.25, -0.2) is 0 Å². The number of pyridine rings is 1. The molecular weight excluding hydrogens is 260 g/mol. The van der Waals surface area contributed by atoms with Crippen LogP contribution < -0.4 is 10.2 Å². The molecule has 1 aromatic rings. The van der Waals surface area contributed by atoms with Gasteiger partial charge in [0.05, 0.1) is 16.9 Å². The van der Waals surface area contributed by atoms with Crippen LogP contribution in [-0.4, -0.2) is 30.7 Å². The maximum Gasteiger partial charge on any atom is 0.103 e. The second-order valence-electron chi connectivity index (χ2n) is 6.29. The number of aryl methyl sites for hydroxylation is 2. The monoisotopic (exact) mass is 286 g/mol. The van der Waals surface area contributed by atoms with Crippen LogP contribution >= 0.6 is 0 Å². The number of nitrogens with zero attached hydrogens (tertiary/aromatic N) is 3. The van der Waals surface area contributed by atoms with E-state index in [-0.39, 0.29) is 0 Å². The van der Waals surface area contributed by atoms with Gasteiger partial charge in [-0.2, -0.15) is 5.26 Å². The fourth-order valence-electron chi connectivity index (χ4n) is 3.10.